The quantitative estimate of drug-likeness (QED) is 0.239. The van der Waals surface area contributed by atoms with Crippen molar-refractivity contribution in [3.8, 4) is 0 Å². The van der Waals surface area contributed by atoms with Crippen molar-refractivity contribution in [3.63, 3.8) is 0 Å². The Balaban J connectivity index is 1.85. The summed E-state index contributed by atoms with van der Waals surface area (Å²) in [5.41, 5.74) is 10.2. The number of esters is 3. The molecule has 3 aromatic rings. The van der Waals surface area contributed by atoms with Crippen LogP contribution < -0.4 is 0 Å². The van der Waals surface area contributed by atoms with Gasteiger partial charge in [-0.05, 0) is 73.2 Å². The topological polar surface area (TPSA) is 136 Å². The molecule has 244 valence electrons. The normalized spacial score (nSPS) is 17.0. The van der Waals surface area contributed by atoms with Crippen LogP contribution in [0.25, 0.3) is 22.1 Å². The number of fused-ring (bicyclic) bond motifs is 8. The summed E-state index contributed by atoms with van der Waals surface area (Å²) < 4.78 is 15.0. The van der Waals surface area contributed by atoms with Gasteiger partial charge in [0.25, 0.3) is 0 Å². The van der Waals surface area contributed by atoms with E-state index in [0.29, 0.717) is 19.3 Å². The Morgan fingerprint density at radius 3 is 1.72 bits per heavy atom. The van der Waals surface area contributed by atoms with Gasteiger partial charge in [0.2, 0.25) is 0 Å². The molecule has 0 aromatic carbocycles. The number of aromatic amines is 2. The van der Waals surface area contributed by atoms with Gasteiger partial charge in [0.1, 0.15) is 0 Å². The minimum atomic E-state index is -0.561. The molecule has 8 bridgehead atoms. The lowest BCUT2D eigenvalue weighted by Gasteiger charge is -2.22. The van der Waals surface area contributed by atoms with Gasteiger partial charge < -0.3 is 24.2 Å². The first-order valence-corrected chi connectivity index (χ1v) is 15.7. The zero-order valence-electron chi connectivity index (χ0n) is 28.1. The van der Waals surface area contributed by atoms with Crippen molar-refractivity contribution in [1.82, 2.24) is 19.9 Å². The highest BCUT2D eigenvalue weighted by Gasteiger charge is 2.37. The van der Waals surface area contributed by atoms with Crippen molar-refractivity contribution < 1.29 is 28.6 Å². The number of aromatic nitrogens is 4. The SMILES string of the molecule is COC(=O)CCc1c(C)c2cc3nc(cc4nc(cc5[nH]c(cc1[nH]2)c(CCC(=O)OC)c5C)C(C)(C)C4)[C@@](C)(CC(=O)OC)C3. The molecule has 0 saturated heterocycles. The average Bonchev–Trinajstić information content (AvgIpc) is 3.66. The molecule has 2 N–H and O–H groups in total. The number of hydrogen-bond donors (Lipinski definition) is 2. The highest BCUT2D eigenvalue weighted by atomic mass is 16.5. The molecular formula is C36H44N4O6. The van der Waals surface area contributed by atoms with Crippen LogP contribution in [-0.2, 0) is 65.1 Å². The number of aryl methyl sites for hydroxylation is 4. The Hall–Kier alpha value is -4.47. The lowest BCUT2D eigenvalue weighted by molar-refractivity contribution is -0.142. The van der Waals surface area contributed by atoms with E-state index in [4.69, 9.17) is 24.2 Å². The van der Waals surface area contributed by atoms with Crippen LogP contribution in [0.15, 0.2) is 24.3 Å². The van der Waals surface area contributed by atoms with Crippen molar-refractivity contribution in [3.05, 3.63) is 69.3 Å². The highest BCUT2D eigenvalue weighted by Crippen LogP contribution is 2.38. The number of nitrogens with one attached hydrogen (secondary N) is 2. The van der Waals surface area contributed by atoms with E-state index in [-0.39, 0.29) is 42.6 Å². The standard InChI is InChI=1S/C36H44N4O6/c1-20-24(9-11-32(41)44-6)28-15-29-25(10-12-33(42)45-7)21(2)27(40-29)16-30-35(3,4)17-23(37-30)14-31-36(5,19-34(43)46-8)18-22(38-31)13-26(20)39-28/h13-16,39-40H,9-12,17-19H2,1-8H3/t36-/m1/s1. The molecule has 2 aliphatic rings. The molecule has 5 rings (SSSR count). The summed E-state index contributed by atoms with van der Waals surface area (Å²) >= 11 is 0. The Kier molecular flexibility index (Phi) is 9.11. The fraction of sp³-hybridized carbons (Fsp3) is 0.472. The van der Waals surface area contributed by atoms with Gasteiger partial charge in [0.15, 0.2) is 0 Å². The Morgan fingerprint density at radius 2 is 1.17 bits per heavy atom. The second-order valence-corrected chi connectivity index (χ2v) is 13.4. The van der Waals surface area contributed by atoms with Crippen molar-refractivity contribution in [2.75, 3.05) is 21.3 Å². The Labute approximate surface area is 269 Å². The summed E-state index contributed by atoms with van der Waals surface area (Å²) in [7, 11) is 4.20. The smallest absolute Gasteiger partial charge is 0.306 e. The van der Waals surface area contributed by atoms with E-state index >= 15 is 0 Å². The summed E-state index contributed by atoms with van der Waals surface area (Å²) in [5.74, 6) is -0.847. The van der Waals surface area contributed by atoms with Crippen LogP contribution >= 0.6 is 0 Å². The maximum Gasteiger partial charge on any atom is 0.306 e. The first-order valence-electron chi connectivity index (χ1n) is 15.7. The van der Waals surface area contributed by atoms with E-state index in [1.54, 1.807) is 0 Å². The van der Waals surface area contributed by atoms with Gasteiger partial charge in [-0.2, -0.15) is 0 Å². The van der Waals surface area contributed by atoms with Gasteiger partial charge in [0, 0.05) is 81.4 Å². The molecule has 10 heteroatoms. The predicted molar refractivity (Wildman–Crippen MR) is 176 cm³/mol. The molecule has 0 spiro atoms. The number of H-pyrrole nitrogens is 2. The summed E-state index contributed by atoms with van der Waals surface area (Å²) in [6.07, 6.45) is 2.93. The third-order valence-electron chi connectivity index (χ3n) is 9.50. The highest BCUT2D eigenvalue weighted by molar-refractivity contribution is 5.80. The minimum Gasteiger partial charge on any atom is -0.469 e. The van der Waals surface area contributed by atoms with Crippen LogP contribution in [0.3, 0.4) is 0 Å². The number of carbonyl (C=O) groups excluding carboxylic acids is 3. The van der Waals surface area contributed by atoms with Crippen LogP contribution in [0, 0.1) is 13.8 Å². The summed E-state index contributed by atoms with van der Waals surface area (Å²) in [4.78, 5) is 54.3. The molecular weight excluding hydrogens is 584 g/mol. The van der Waals surface area contributed by atoms with Gasteiger partial charge >= 0.3 is 17.9 Å². The van der Waals surface area contributed by atoms with Gasteiger partial charge in [0.05, 0.1) is 27.8 Å². The van der Waals surface area contributed by atoms with Crippen LogP contribution in [0.1, 0.15) is 85.1 Å². The maximum atomic E-state index is 12.6. The molecule has 0 amide bonds. The fourth-order valence-electron chi connectivity index (χ4n) is 6.65. The Bertz CT molecular complexity index is 1870. The molecule has 0 fully saturated rings. The number of methoxy groups -OCH3 is 3. The summed E-state index contributed by atoms with van der Waals surface area (Å²) in [6, 6.07) is 8.23. The lowest BCUT2D eigenvalue weighted by Crippen LogP contribution is -2.26. The van der Waals surface area contributed by atoms with Gasteiger partial charge in [-0.1, -0.05) is 20.8 Å². The molecule has 0 saturated carbocycles. The molecule has 0 unspecified atom stereocenters. The first-order chi connectivity index (χ1) is 21.8. The summed E-state index contributed by atoms with van der Waals surface area (Å²) in [5, 5.41) is 0. The van der Waals surface area contributed by atoms with E-state index < -0.39 is 5.41 Å². The zero-order valence-corrected chi connectivity index (χ0v) is 28.1. The van der Waals surface area contributed by atoms with E-state index in [9.17, 15) is 14.4 Å². The van der Waals surface area contributed by atoms with Crippen LogP contribution in [0.2, 0.25) is 0 Å². The minimum absolute atomic E-state index is 0.196. The van der Waals surface area contributed by atoms with E-state index in [0.717, 1.165) is 73.5 Å². The average molecular weight is 629 g/mol. The second-order valence-electron chi connectivity index (χ2n) is 13.4. The van der Waals surface area contributed by atoms with Crippen molar-refractivity contribution in [1.29, 1.82) is 0 Å². The molecule has 1 atom stereocenters. The van der Waals surface area contributed by atoms with Crippen molar-refractivity contribution in [2.45, 2.75) is 90.4 Å². The molecule has 46 heavy (non-hydrogen) atoms. The fourth-order valence-corrected chi connectivity index (χ4v) is 6.65. The largest absolute Gasteiger partial charge is 0.469 e. The summed E-state index contributed by atoms with van der Waals surface area (Å²) in [6.45, 7) is 10.5. The number of rotatable bonds is 8. The number of hydrogen-bond acceptors (Lipinski definition) is 8. The van der Waals surface area contributed by atoms with Gasteiger partial charge in [-0.15, -0.1) is 0 Å². The first kappa shape index (κ1) is 32.9. The third kappa shape index (κ3) is 6.57. The van der Waals surface area contributed by atoms with Gasteiger partial charge in [-0.25, -0.2) is 0 Å². The second kappa shape index (κ2) is 12.7. The predicted octanol–water partition coefficient (Wildman–Crippen LogP) is 5.73. The monoisotopic (exact) mass is 628 g/mol. The van der Waals surface area contributed by atoms with E-state index in [1.807, 2.05) is 26.0 Å². The Morgan fingerprint density at radius 1 is 0.674 bits per heavy atom. The number of ether oxygens (including phenoxy) is 3. The van der Waals surface area contributed by atoms with Crippen LogP contribution in [0.4, 0.5) is 0 Å². The van der Waals surface area contributed by atoms with E-state index in [2.05, 4.69) is 42.9 Å². The number of nitrogens with zero attached hydrogens (tertiary/aromatic N) is 2. The third-order valence-corrected chi connectivity index (χ3v) is 9.50. The molecule has 3 aromatic heterocycles. The van der Waals surface area contributed by atoms with Gasteiger partial charge in [-0.3, -0.25) is 24.4 Å². The molecule has 10 nitrogen and oxygen atoms in total. The molecule has 5 heterocycles. The molecule has 0 radical (unpaired) electrons. The van der Waals surface area contributed by atoms with Crippen LogP contribution in [-0.4, -0.2) is 59.2 Å². The van der Waals surface area contributed by atoms with Crippen LogP contribution in [0.5, 0.6) is 0 Å². The zero-order chi connectivity index (χ0) is 33.4. The van der Waals surface area contributed by atoms with Crippen molar-refractivity contribution in [2.24, 2.45) is 0 Å². The maximum absolute atomic E-state index is 12.6. The number of carbonyl (C=O) groups is 3. The molecule has 2 aliphatic heterocycles. The molecule has 0 aliphatic carbocycles. The lowest BCUT2D eigenvalue weighted by atomic mass is 9.80. The van der Waals surface area contributed by atoms with Crippen molar-refractivity contribution >= 4 is 40.0 Å². The van der Waals surface area contributed by atoms with E-state index in [1.165, 1.54) is 21.3 Å².